The number of nitriles is 1. The van der Waals surface area contributed by atoms with Gasteiger partial charge in [-0.3, -0.25) is 4.79 Å². The second-order valence-corrected chi connectivity index (χ2v) is 9.44. The molecule has 0 radical (unpaired) electrons. The van der Waals surface area contributed by atoms with E-state index >= 15 is 0 Å². The zero-order valence-electron chi connectivity index (χ0n) is 21.3. The topological polar surface area (TPSA) is 70.6 Å². The Morgan fingerprint density at radius 3 is 2.54 bits per heavy atom. The minimum Gasteiger partial charge on any atom is -0.378 e. The fourth-order valence-electron chi connectivity index (χ4n) is 5.17. The summed E-state index contributed by atoms with van der Waals surface area (Å²) in [6.45, 7) is 4.76. The molecule has 2 aromatic carbocycles. The van der Waals surface area contributed by atoms with E-state index < -0.39 is 0 Å². The zero-order chi connectivity index (χ0) is 25.6. The molecule has 0 atom stereocenters. The number of aromatic nitrogens is 2. The third-order valence-corrected chi connectivity index (χ3v) is 7.10. The molecule has 0 unspecified atom stereocenters. The number of amides is 1. The van der Waals surface area contributed by atoms with E-state index in [1.165, 1.54) is 0 Å². The number of benzene rings is 2. The molecule has 1 aliphatic heterocycles. The maximum atomic E-state index is 12.7. The molecule has 1 fully saturated rings. The van der Waals surface area contributed by atoms with Gasteiger partial charge in [0, 0.05) is 36.3 Å². The lowest BCUT2D eigenvalue weighted by atomic mass is 9.91. The molecular formula is C31H32N4O2. The highest BCUT2D eigenvalue weighted by Crippen LogP contribution is 2.37. The summed E-state index contributed by atoms with van der Waals surface area (Å²) in [5.74, 6) is 0.210. The van der Waals surface area contributed by atoms with E-state index in [0.717, 1.165) is 64.8 Å². The molecule has 6 nitrogen and oxygen atoms in total. The summed E-state index contributed by atoms with van der Waals surface area (Å²) in [4.78, 5) is 14.6. The van der Waals surface area contributed by atoms with Crippen molar-refractivity contribution in [3.63, 3.8) is 0 Å². The molecule has 1 saturated heterocycles. The van der Waals surface area contributed by atoms with E-state index in [-0.39, 0.29) is 5.91 Å². The molecule has 0 bridgehead atoms. The predicted molar refractivity (Wildman–Crippen MR) is 145 cm³/mol. The van der Waals surface area contributed by atoms with Crippen LogP contribution in [0, 0.1) is 11.3 Å². The van der Waals surface area contributed by atoms with Crippen molar-refractivity contribution >= 4 is 11.4 Å². The molecule has 5 rings (SSSR count). The van der Waals surface area contributed by atoms with Crippen molar-refractivity contribution < 1.29 is 9.53 Å². The Kier molecular flexibility index (Phi) is 7.62. The highest BCUT2D eigenvalue weighted by molar-refractivity contribution is 5.88. The van der Waals surface area contributed by atoms with Crippen LogP contribution in [0.1, 0.15) is 43.0 Å². The van der Waals surface area contributed by atoms with Crippen LogP contribution in [0.2, 0.25) is 0 Å². The molecular weight excluding hydrogens is 460 g/mol. The molecule has 37 heavy (non-hydrogen) atoms. The molecule has 0 aliphatic carbocycles. The summed E-state index contributed by atoms with van der Waals surface area (Å²) < 4.78 is 7.44. The maximum absolute atomic E-state index is 12.7. The Hall–Kier alpha value is -3.95. The number of rotatable bonds is 8. The highest BCUT2D eigenvalue weighted by Gasteiger charge is 2.21. The van der Waals surface area contributed by atoms with E-state index in [1.807, 2.05) is 41.3 Å². The van der Waals surface area contributed by atoms with Crippen LogP contribution in [-0.4, -0.2) is 46.7 Å². The number of unbranched alkanes of at least 4 members (excludes halogenated alkanes) is 1. The van der Waals surface area contributed by atoms with Gasteiger partial charge < -0.3 is 9.64 Å². The lowest BCUT2D eigenvalue weighted by Crippen LogP contribution is -2.40. The van der Waals surface area contributed by atoms with Crippen molar-refractivity contribution in [2.45, 2.75) is 39.0 Å². The summed E-state index contributed by atoms with van der Waals surface area (Å²) in [5, 5.41) is 14.7. The van der Waals surface area contributed by atoms with E-state index in [0.29, 0.717) is 38.3 Å². The number of nitrogens with zero attached hydrogens (tertiary/aromatic N) is 4. The van der Waals surface area contributed by atoms with Crippen LogP contribution in [0.25, 0.3) is 27.9 Å². The van der Waals surface area contributed by atoms with Gasteiger partial charge in [-0.1, -0.05) is 49.4 Å². The van der Waals surface area contributed by atoms with Gasteiger partial charge in [0.15, 0.2) is 0 Å². The van der Waals surface area contributed by atoms with Gasteiger partial charge in [-0.15, -0.1) is 0 Å². The van der Waals surface area contributed by atoms with Gasteiger partial charge in [-0.05, 0) is 61.1 Å². The molecule has 0 N–H and O–H groups in total. The van der Waals surface area contributed by atoms with Crippen molar-refractivity contribution in [2.75, 3.05) is 26.3 Å². The lowest BCUT2D eigenvalue weighted by Gasteiger charge is -2.26. The number of fused-ring (bicyclic) bond motifs is 1. The second kappa shape index (κ2) is 11.4. The molecule has 2 aromatic heterocycles. The van der Waals surface area contributed by atoms with Crippen LogP contribution < -0.4 is 0 Å². The first-order valence-corrected chi connectivity index (χ1v) is 13.1. The Morgan fingerprint density at radius 2 is 1.78 bits per heavy atom. The van der Waals surface area contributed by atoms with Crippen molar-refractivity contribution in [1.29, 1.82) is 5.26 Å². The number of hydrogen-bond donors (Lipinski definition) is 0. The number of carbonyl (C=O) groups is 1. The number of morpholine rings is 1. The standard InChI is InChI=1S/C31H32N4O2/c1-2-26-15-16-28-30(25-12-8-9-23(21-25)22-32)27(31(33-35(26)28)24-10-4-3-5-11-24)13-6-7-14-29(36)34-17-19-37-20-18-34/h3-5,8-12,15-16,21H,2,6-7,13-14,17-20H2,1H3. The summed E-state index contributed by atoms with van der Waals surface area (Å²) in [7, 11) is 0. The SMILES string of the molecule is CCc1ccc2c(-c3cccc(C#N)c3)c(CCCCC(=O)N3CCOCC3)c(-c3ccccc3)nn12. The van der Waals surface area contributed by atoms with Gasteiger partial charge in [0.25, 0.3) is 0 Å². The quantitative estimate of drug-likeness (QED) is 0.297. The van der Waals surface area contributed by atoms with E-state index in [9.17, 15) is 10.1 Å². The number of hydrogen-bond acceptors (Lipinski definition) is 4. The molecule has 188 valence electrons. The summed E-state index contributed by atoms with van der Waals surface area (Å²) in [6, 6.07) is 24.7. The van der Waals surface area contributed by atoms with Crippen LogP contribution in [0.3, 0.4) is 0 Å². The smallest absolute Gasteiger partial charge is 0.222 e. The Balaban J connectivity index is 1.55. The highest BCUT2D eigenvalue weighted by atomic mass is 16.5. The van der Waals surface area contributed by atoms with Crippen LogP contribution >= 0.6 is 0 Å². The van der Waals surface area contributed by atoms with Gasteiger partial charge in [0.05, 0.1) is 36.1 Å². The average Bonchev–Trinajstić information content (AvgIpc) is 3.38. The third kappa shape index (κ3) is 5.28. The molecule has 4 aromatic rings. The lowest BCUT2D eigenvalue weighted by molar-refractivity contribution is -0.135. The van der Waals surface area contributed by atoms with Gasteiger partial charge in [-0.25, -0.2) is 4.52 Å². The molecule has 1 amide bonds. The normalized spacial score (nSPS) is 13.6. The van der Waals surface area contributed by atoms with Crippen molar-refractivity contribution in [3.05, 3.63) is 83.6 Å². The van der Waals surface area contributed by atoms with Crippen molar-refractivity contribution in [2.24, 2.45) is 0 Å². The van der Waals surface area contributed by atoms with Gasteiger partial charge in [0.1, 0.15) is 0 Å². The van der Waals surface area contributed by atoms with Crippen LogP contribution in [0.15, 0.2) is 66.7 Å². The number of ether oxygens (including phenoxy) is 1. The largest absolute Gasteiger partial charge is 0.378 e. The zero-order valence-corrected chi connectivity index (χ0v) is 21.3. The Labute approximate surface area is 218 Å². The molecule has 3 heterocycles. The minimum absolute atomic E-state index is 0.210. The predicted octanol–water partition coefficient (Wildman–Crippen LogP) is 5.67. The minimum atomic E-state index is 0.210. The van der Waals surface area contributed by atoms with Crippen LogP contribution in [-0.2, 0) is 22.4 Å². The van der Waals surface area contributed by atoms with E-state index in [4.69, 9.17) is 9.84 Å². The Morgan fingerprint density at radius 1 is 1.00 bits per heavy atom. The van der Waals surface area contributed by atoms with Crippen LogP contribution in [0.5, 0.6) is 0 Å². The van der Waals surface area contributed by atoms with Crippen LogP contribution in [0.4, 0.5) is 0 Å². The maximum Gasteiger partial charge on any atom is 0.222 e. The number of aryl methyl sites for hydroxylation is 1. The van der Waals surface area contributed by atoms with Gasteiger partial charge >= 0.3 is 0 Å². The average molecular weight is 493 g/mol. The summed E-state index contributed by atoms with van der Waals surface area (Å²) in [6.07, 6.45) is 3.90. The molecule has 0 spiro atoms. The number of carbonyl (C=O) groups excluding carboxylic acids is 1. The molecule has 1 aliphatic rings. The molecule has 0 saturated carbocycles. The van der Waals surface area contributed by atoms with Crippen molar-refractivity contribution in [1.82, 2.24) is 14.5 Å². The fourth-order valence-corrected chi connectivity index (χ4v) is 5.17. The third-order valence-electron chi connectivity index (χ3n) is 7.10. The first-order chi connectivity index (χ1) is 18.2. The summed E-state index contributed by atoms with van der Waals surface area (Å²) >= 11 is 0. The first-order valence-electron chi connectivity index (χ1n) is 13.1. The summed E-state index contributed by atoms with van der Waals surface area (Å²) in [5.41, 5.74) is 8.15. The fraction of sp³-hybridized carbons (Fsp3) is 0.323. The van der Waals surface area contributed by atoms with E-state index in [1.54, 1.807) is 0 Å². The Bertz CT molecular complexity index is 1430. The van der Waals surface area contributed by atoms with Crippen molar-refractivity contribution in [3.8, 4) is 28.5 Å². The van der Waals surface area contributed by atoms with Gasteiger partial charge in [0.2, 0.25) is 5.91 Å². The van der Waals surface area contributed by atoms with E-state index in [2.05, 4.69) is 47.8 Å². The molecule has 6 heteroatoms. The van der Waals surface area contributed by atoms with Gasteiger partial charge in [-0.2, -0.15) is 10.4 Å². The second-order valence-electron chi connectivity index (χ2n) is 9.44. The first kappa shape index (κ1) is 24.7. The monoisotopic (exact) mass is 492 g/mol.